The van der Waals surface area contributed by atoms with Crippen LogP contribution in [0.3, 0.4) is 0 Å². The fraction of sp³-hybridized carbons (Fsp3) is 0.579. The van der Waals surface area contributed by atoms with Crippen LogP contribution < -0.4 is 10.9 Å². The zero-order valence-corrected chi connectivity index (χ0v) is 16.9. The Kier molecular flexibility index (Phi) is 5.64. The highest BCUT2D eigenvalue weighted by molar-refractivity contribution is 7.20. The monoisotopic (exact) mass is 391 g/mol. The van der Waals surface area contributed by atoms with Crippen molar-refractivity contribution < 1.29 is 14.3 Å². The number of esters is 1. The van der Waals surface area contributed by atoms with E-state index < -0.39 is 5.97 Å². The minimum absolute atomic E-state index is 0.122. The minimum atomic E-state index is -0.604. The van der Waals surface area contributed by atoms with Gasteiger partial charge in [-0.15, -0.1) is 11.3 Å². The molecule has 2 heterocycles. The van der Waals surface area contributed by atoms with Gasteiger partial charge in [-0.25, -0.2) is 9.78 Å². The third-order valence-corrected chi connectivity index (χ3v) is 6.66. The maximum atomic E-state index is 12.4. The molecule has 1 aliphatic carbocycles. The number of carbonyl (C=O) groups excluding carboxylic acids is 2. The third kappa shape index (κ3) is 4.05. The molecule has 8 heteroatoms. The molecule has 0 saturated heterocycles. The highest BCUT2D eigenvalue weighted by atomic mass is 32.1. The largest absolute Gasteiger partial charge is 0.451 e. The second-order valence-electron chi connectivity index (χ2n) is 7.41. The number of ether oxygens (including phenoxy) is 1. The molecule has 0 aromatic carbocycles. The van der Waals surface area contributed by atoms with Gasteiger partial charge in [0.1, 0.15) is 15.5 Å². The molecular formula is C19H25N3O4S. The predicted octanol–water partition coefficient (Wildman–Crippen LogP) is 2.70. The van der Waals surface area contributed by atoms with Crippen molar-refractivity contribution in [3.8, 4) is 0 Å². The molecule has 3 atom stereocenters. The number of fused-ring (bicyclic) bond motifs is 1. The number of amides is 1. The molecule has 3 rings (SSSR count). The van der Waals surface area contributed by atoms with Crippen LogP contribution in [-0.4, -0.2) is 34.5 Å². The van der Waals surface area contributed by atoms with Gasteiger partial charge in [0, 0.05) is 6.04 Å². The van der Waals surface area contributed by atoms with Crippen LogP contribution in [0.25, 0.3) is 10.2 Å². The Morgan fingerprint density at radius 3 is 2.78 bits per heavy atom. The van der Waals surface area contributed by atoms with Gasteiger partial charge in [-0.2, -0.15) is 0 Å². The van der Waals surface area contributed by atoms with E-state index in [-0.39, 0.29) is 24.1 Å². The molecule has 1 saturated carbocycles. The van der Waals surface area contributed by atoms with Gasteiger partial charge in [-0.3, -0.25) is 9.59 Å². The first-order valence-corrected chi connectivity index (χ1v) is 10.1. The van der Waals surface area contributed by atoms with Crippen molar-refractivity contribution in [1.29, 1.82) is 0 Å². The molecule has 2 aromatic rings. The van der Waals surface area contributed by atoms with Crippen molar-refractivity contribution >= 4 is 33.4 Å². The van der Waals surface area contributed by atoms with Gasteiger partial charge in [-0.1, -0.05) is 26.7 Å². The lowest BCUT2D eigenvalue weighted by Gasteiger charge is -2.34. The first-order chi connectivity index (χ1) is 12.8. The standard InChI is InChI=1S/C19H25N3O4S/c1-9-6-5-7-13(10(9)2)22-14(23)8-26-19(25)16-11(3)15-17(24)20-12(4)21-18(15)27-16/h9-10,13H,5-8H2,1-4H3,(H,22,23)(H,20,21,24)/t9-,10+,13+/m1/s1. The lowest BCUT2D eigenvalue weighted by atomic mass is 9.78. The zero-order chi connectivity index (χ0) is 19.7. The summed E-state index contributed by atoms with van der Waals surface area (Å²) in [5, 5.41) is 3.38. The molecule has 0 spiro atoms. The molecule has 2 aromatic heterocycles. The van der Waals surface area contributed by atoms with Crippen LogP contribution in [0.2, 0.25) is 0 Å². The summed E-state index contributed by atoms with van der Waals surface area (Å²) in [6, 6.07) is 0.122. The van der Waals surface area contributed by atoms with Crippen molar-refractivity contribution in [2.45, 2.75) is 53.0 Å². The summed E-state index contributed by atoms with van der Waals surface area (Å²) in [7, 11) is 0. The van der Waals surface area contributed by atoms with Crippen molar-refractivity contribution in [3.05, 3.63) is 26.6 Å². The van der Waals surface area contributed by atoms with E-state index in [0.29, 0.717) is 38.3 Å². The number of aryl methyl sites for hydroxylation is 2. The average Bonchev–Trinajstić information content (AvgIpc) is 2.93. The molecule has 1 fully saturated rings. The van der Waals surface area contributed by atoms with Crippen LogP contribution >= 0.6 is 11.3 Å². The molecule has 0 bridgehead atoms. The average molecular weight is 391 g/mol. The fourth-order valence-corrected chi connectivity index (χ4v) is 4.80. The zero-order valence-electron chi connectivity index (χ0n) is 16.0. The van der Waals surface area contributed by atoms with Gasteiger partial charge in [0.15, 0.2) is 6.61 Å². The summed E-state index contributed by atoms with van der Waals surface area (Å²) in [5.41, 5.74) is 0.257. The lowest BCUT2D eigenvalue weighted by Crippen LogP contribution is -2.45. The number of aromatic nitrogens is 2. The second kappa shape index (κ2) is 7.80. The van der Waals surface area contributed by atoms with Crippen LogP contribution in [0.1, 0.15) is 54.2 Å². The van der Waals surface area contributed by atoms with Crippen LogP contribution in [0, 0.1) is 25.7 Å². The van der Waals surface area contributed by atoms with Crippen molar-refractivity contribution in [2.75, 3.05) is 6.61 Å². The van der Waals surface area contributed by atoms with Crippen LogP contribution in [-0.2, 0) is 9.53 Å². The van der Waals surface area contributed by atoms with Gasteiger partial charge in [-0.05, 0) is 37.7 Å². The number of hydrogen-bond acceptors (Lipinski definition) is 6. The van der Waals surface area contributed by atoms with Gasteiger partial charge in [0.05, 0.1) is 5.39 Å². The van der Waals surface area contributed by atoms with Crippen LogP contribution in [0.4, 0.5) is 0 Å². The van der Waals surface area contributed by atoms with E-state index in [2.05, 4.69) is 29.1 Å². The molecule has 27 heavy (non-hydrogen) atoms. The number of H-pyrrole nitrogens is 1. The smallest absolute Gasteiger partial charge is 0.349 e. The van der Waals surface area contributed by atoms with E-state index >= 15 is 0 Å². The first kappa shape index (κ1) is 19.5. The Bertz CT molecular complexity index is 933. The molecule has 0 radical (unpaired) electrons. The maximum absolute atomic E-state index is 12.4. The summed E-state index contributed by atoms with van der Waals surface area (Å²) in [6.07, 6.45) is 3.23. The Hall–Kier alpha value is -2.22. The highest BCUT2D eigenvalue weighted by Gasteiger charge is 2.28. The second-order valence-corrected chi connectivity index (χ2v) is 8.40. The maximum Gasteiger partial charge on any atom is 0.349 e. The Morgan fingerprint density at radius 2 is 2.04 bits per heavy atom. The third-order valence-electron chi connectivity index (χ3n) is 5.49. The summed E-state index contributed by atoms with van der Waals surface area (Å²) >= 11 is 1.11. The van der Waals surface area contributed by atoms with Crippen molar-refractivity contribution in [3.63, 3.8) is 0 Å². The quantitative estimate of drug-likeness (QED) is 0.781. The number of rotatable bonds is 4. The SMILES string of the molecule is Cc1nc2sc(C(=O)OCC(=O)N[C@H]3CCC[C@@H](C)[C@@H]3C)c(C)c2c(=O)[nH]1. The Morgan fingerprint density at radius 1 is 1.30 bits per heavy atom. The normalized spacial score (nSPS) is 22.6. The molecule has 0 aliphatic heterocycles. The van der Waals surface area contributed by atoms with Crippen molar-refractivity contribution in [1.82, 2.24) is 15.3 Å². The van der Waals surface area contributed by atoms with Gasteiger partial charge >= 0.3 is 5.97 Å². The molecule has 2 N–H and O–H groups in total. The number of nitrogens with one attached hydrogen (secondary N) is 2. The van der Waals surface area contributed by atoms with E-state index in [9.17, 15) is 14.4 Å². The molecule has 0 unspecified atom stereocenters. The highest BCUT2D eigenvalue weighted by Crippen LogP contribution is 2.30. The summed E-state index contributed by atoms with van der Waals surface area (Å²) in [6.45, 7) is 7.39. The predicted molar refractivity (Wildman–Crippen MR) is 104 cm³/mol. The molecule has 146 valence electrons. The number of carbonyl (C=O) groups is 2. The molecule has 1 aliphatic rings. The topological polar surface area (TPSA) is 101 Å². The van der Waals surface area contributed by atoms with Gasteiger partial charge < -0.3 is 15.0 Å². The lowest BCUT2D eigenvalue weighted by molar-refractivity contribution is -0.125. The summed E-state index contributed by atoms with van der Waals surface area (Å²) in [5.74, 6) is 0.572. The minimum Gasteiger partial charge on any atom is -0.451 e. The fourth-order valence-electron chi connectivity index (χ4n) is 3.68. The van der Waals surface area contributed by atoms with E-state index in [0.717, 1.165) is 24.2 Å². The number of nitrogens with zero attached hydrogens (tertiary/aromatic N) is 1. The van der Waals surface area contributed by atoms with Gasteiger partial charge in [0.2, 0.25) is 0 Å². The van der Waals surface area contributed by atoms with E-state index in [1.54, 1.807) is 13.8 Å². The van der Waals surface area contributed by atoms with Crippen LogP contribution in [0.5, 0.6) is 0 Å². The number of aromatic amines is 1. The number of thiophene rings is 1. The first-order valence-electron chi connectivity index (χ1n) is 9.24. The number of hydrogen-bond donors (Lipinski definition) is 2. The summed E-state index contributed by atoms with van der Waals surface area (Å²) in [4.78, 5) is 44.4. The summed E-state index contributed by atoms with van der Waals surface area (Å²) < 4.78 is 5.19. The molecule has 7 nitrogen and oxygen atoms in total. The van der Waals surface area contributed by atoms with E-state index in [1.165, 1.54) is 6.42 Å². The van der Waals surface area contributed by atoms with Crippen molar-refractivity contribution in [2.24, 2.45) is 11.8 Å². The molecular weight excluding hydrogens is 366 g/mol. The Labute approximate surface area is 161 Å². The van der Waals surface area contributed by atoms with E-state index in [4.69, 9.17) is 4.74 Å². The van der Waals surface area contributed by atoms with Gasteiger partial charge in [0.25, 0.3) is 11.5 Å². The Balaban J connectivity index is 1.65. The van der Waals surface area contributed by atoms with E-state index in [1.807, 2.05) is 0 Å². The van der Waals surface area contributed by atoms with Crippen LogP contribution in [0.15, 0.2) is 4.79 Å². The molecule has 1 amide bonds.